The highest BCUT2D eigenvalue weighted by Gasteiger charge is 2.18. The Labute approximate surface area is 129 Å². The van der Waals surface area contributed by atoms with Crippen LogP contribution in [0.3, 0.4) is 0 Å². The molecular weight excluding hydrogens is 310 g/mol. The molecule has 22 heavy (non-hydrogen) atoms. The fourth-order valence-corrected chi connectivity index (χ4v) is 2.85. The third kappa shape index (κ3) is 6.00. The summed E-state index contributed by atoms with van der Waals surface area (Å²) in [6.45, 7) is 2.04. The predicted octanol–water partition coefficient (Wildman–Crippen LogP) is 0.858. The van der Waals surface area contributed by atoms with Crippen molar-refractivity contribution in [3.63, 3.8) is 0 Å². The SMILES string of the molecule is Cc1ccccc1S(=O)(=O)NC(=O)NCCCCOC(N)=O. The molecule has 0 bridgehead atoms. The molecule has 8 nitrogen and oxygen atoms in total. The van der Waals surface area contributed by atoms with Gasteiger partial charge in [0.25, 0.3) is 10.0 Å². The Balaban J connectivity index is 2.39. The average Bonchev–Trinajstić information content (AvgIpc) is 2.42. The number of nitrogens with one attached hydrogen (secondary N) is 2. The molecule has 9 heteroatoms. The van der Waals surface area contributed by atoms with E-state index in [2.05, 4.69) is 10.1 Å². The number of ether oxygens (including phenoxy) is 1. The largest absolute Gasteiger partial charge is 0.450 e. The maximum absolute atomic E-state index is 12.0. The maximum Gasteiger partial charge on any atom is 0.404 e. The Morgan fingerprint density at radius 2 is 1.91 bits per heavy atom. The molecule has 0 saturated carbocycles. The van der Waals surface area contributed by atoms with Crippen molar-refractivity contribution in [2.45, 2.75) is 24.7 Å². The summed E-state index contributed by atoms with van der Waals surface area (Å²) in [5, 5.41) is 2.42. The Bertz CT molecular complexity index is 630. The molecule has 0 aliphatic rings. The Kier molecular flexibility index (Phi) is 6.64. The summed E-state index contributed by atoms with van der Waals surface area (Å²) < 4.78 is 30.5. The fraction of sp³-hybridized carbons (Fsp3) is 0.385. The van der Waals surface area contributed by atoms with Crippen molar-refractivity contribution in [2.75, 3.05) is 13.2 Å². The van der Waals surface area contributed by atoms with Crippen LogP contribution in [0.4, 0.5) is 9.59 Å². The molecule has 0 unspecified atom stereocenters. The van der Waals surface area contributed by atoms with E-state index < -0.39 is 22.1 Å². The quantitative estimate of drug-likeness (QED) is 0.639. The summed E-state index contributed by atoms with van der Waals surface area (Å²) in [5.74, 6) is 0. The first-order valence-electron chi connectivity index (χ1n) is 6.61. The van der Waals surface area contributed by atoms with Crippen LogP contribution in [0.2, 0.25) is 0 Å². The number of hydrogen-bond acceptors (Lipinski definition) is 5. The number of primary amides is 1. The topological polar surface area (TPSA) is 128 Å². The van der Waals surface area contributed by atoms with Crippen molar-refractivity contribution in [2.24, 2.45) is 5.73 Å². The highest BCUT2D eigenvalue weighted by atomic mass is 32.2. The standard InChI is InChI=1S/C13H19N3O5S/c1-10-6-2-3-7-11(10)22(19,20)16-13(18)15-8-4-5-9-21-12(14)17/h2-3,6-7H,4-5,8-9H2,1H3,(H2,14,17)(H2,15,16,18). The van der Waals surface area contributed by atoms with Crippen LogP contribution in [0, 0.1) is 6.92 Å². The minimum atomic E-state index is -3.90. The lowest BCUT2D eigenvalue weighted by molar-refractivity contribution is 0.154. The van der Waals surface area contributed by atoms with E-state index >= 15 is 0 Å². The minimum Gasteiger partial charge on any atom is -0.450 e. The van der Waals surface area contributed by atoms with Crippen molar-refractivity contribution in [3.05, 3.63) is 29.8 Å². The van der Waals surface area contributed by atoms with Gasteiger partial charge in [-0.3, -0.25) is 0 Å². The zero-order chi connectivity index (χ0) is 16.6. The van der Waals surface area contributed by atoms with Crippen LogP contribution in [0.5, 0.6) is 0 Å². The average molecular weight is 329 g/mol. The van der Waals surface area contributed by atoms with E-state index in [0.29, 0.717) is 18.4 Å². The molecular formula is C13H19N3O5S. The van der Waals surface area contributed by atoms with Crippen LogP contribution in [0.1, 0.15) is 18.4 Å². The number of aryl methyl sites for hydroxylation is 1. The summed E-state index contributed by atoms with van der Waals surface area (Å²) >= 11 is 0. The maximum atomic E-state index is 12.0. The molecule has 0 aliphatic carbocycles. The number of carbonyl (C=O) groups is 2. The number of nitrogens with two attached hydrogens (primary N) is 1. The van der Waals surface area contributed by atoms with Gasteiger partial charge in [0.1, 0.15) is 0 Å². The number of carbonyl (C=O) groups excluding carboxylic acids is 2. The predicted molar refractivity (Wildman–Crippen MR) is 79.7 cm³/mol. The first kappa shape index (κ1) is 17.8. The number of benzene rings is 1. The molecule has 0 heterocycles. The van der Waals surface area contributed by atoms with Gasteiger partial charge in [0.05, 0.1) is 11.5 Å². The molecule has 3 amide bonds. The molecule has 0 radical (unpaired) electrons. The molecule has 122 valence electrons. The van der Waals surface area contributed by atoms with Gasteiger partial charge in [-0.25, -0.2) is 22.7 Å². The third-order valence-corrected chi connectivity index (χ3v) is 4.20. The van der Waals surface area contributed by atoms with Crippen LogP contribution in [-0.4, -0.2) is 33.7 Å². The molecule has 0 spiro atoms. The van der Waals surface area contributed by atoms with Gasteiger partial charge in [0.2, 0.25) is 0 Å². The van der Waals surface area contributed by atoms with Crippen LogP contribution in [-0.2, 0) is 14.8 Å². The minimum absolute atomic E-state index is 0.0556. The first-order valence-corrected chi connectivity index (χ1v) is 8.10. The van der Waals surface area contributed by atoms with Gasteiger partial charge in [-0.05, 0) is 31.4 Å². The molecule has 1 aromatic rings. The van der Waals surface area contributed by atoms with E-state index in [-0.39, 0.29) is 18.0 Å². The third-order valence-electron chi connectivity index (χ3n) is 2.71. The lowest BCUT2D eigenvalue weighted by atomic mass is 10.2. The van der Waals surface area contributed by atoms with E-state index in [9.17, 15) is 18.0 Å². The van der Waals surface area contributed by atoms with E-state index in [4.69, 9.17) is 5.73 Å². The molecule has 1 rings (SSSR count). The molecule has 0 aliphatic heterocycles. The molecule has 0 aromatic heterocycles. The van der Waals surface area contributed by atoms with Gasteiger partial charge in [-0.2, -0.15) is 0 Å². The van der Waals surface area contributed by atoms with Gasteiger partial charge in [0.15, 0.2) is 0 Å². The van der Waals surface area contributed by atoms with E-state index in [1.54, 1.807) is 25.1 Å². The fourth-order valence-electron chi connectivity index (χ4n) is 1.67. The van der Waals surface area contributed by atoms with Gasteiger partial charge in [-0.15, -0.1) is 0 Å². The molecule has 4 N–H and O–H groups in total. The van der Waals surface area contributed by atoms with Gasteiger partial charge in [-0.1, -0.05) is 18.2 Å². The van der Waals surface area contributed by atoms with Crippen LogP contribution in [0.25, 0.3) is 0 Å². The monoisotopic (exact) mass is 329 g/mol. The van der Waals surface area contributed by atoms with Crippen molar-refractivity contribution in [1.82, 2.24) is 10.0 Å². The van der Waals surface area contributed by atoms with Crippen molar-refractivity contribution < 1.29 is 22.7 Å². The van der Waals surface area contributed by atoms with Gasteiger partial charge >= 0.3 is 12.1 Å². The van der Waals surface area contributed by atoms with E-state index in [0.717, 1.165) is 0 Å². The number of unbranched alkanes of at least 4 members (excludes halogenated alkanes) is 1. The van der Waals surface area contributed by atoms with Crippen molar-refractivity contribution >= 4 is 22.1 Å². The second-order valence-electron chi connectivity index (χ2n) is 4.50. The zero-order valence-corrected chi connectivity index (χ0v) is 13.0. The highest BCUT2D eigenvalue weighted by molar-refractivity contribution is 7.90. The lowest BCUT2D eigenvalue weighted by Crippen LogP contribution is -2.40. The number of urea groups is 1. The summed E-state index contributed by atoms with van der Waals surface area (Å²) in [5.41, 5.74) is 5.33. The Hall–Kier alpha value is -2.29. The highest BCUT2D eigenvalue weighted by Crippen LogP contribution is 2.13. The van der Waals surface area contributed by atoms with Crippen molar-refractivity contribution in [1.29, 1.82) is 0 Å². The van der Waals surface area contributed by atoms with Crippen LogP contribution < -0.4 is 15.8 Å². The number of sulfonamides is 1. The number of rotatable bonds is 7. The zero-order valence-electron chi connectivity index (χ0n) is 12.2. The van der Waals surface area contributed by atoms with Gasteiger partial charge < -0.3 is 15.8 Å². The van der Waals surface area contributed by atoms with Crippen LogP contribution >= 0.6 is 0 Å². The number of amides is 3. The van der Waals surface area contributed by atoms with E-state index in [1.807, 2.05) is 4.72 Å². The Morgan fingerprint density at radius 3 is 2.55 bits per heavy atom. The number of hydrogen-bond donors (Lipinski definition) is 3. The van der Waals surface area contributed by atoms with Gasteiger partial charge in [0, 0.05) is 6.54 Å². The molecule has 1 aromatic carbocycles. The first-order chi connectivity index (χ1) is 10.3. The Morgan fingerprint density at radius 1 is 1.23 bits per heavy atom. The second kappa shape index (κ2) is 8.23. The molecule has 0 saturated heterocycles. The smallest absolute Gasteiger partial charge is 0.404 e. The lowest BCUT2D eigenvalue weighted by Gasteiger charge is -2.10. The van der Waals surface area contributed by atoms with Crippen LogP contribution in [0.15, 0.2) is 29.2 Å². The summed E-state index contributed by atoms with van der Waals surface area (Å²) in [4.78, 5) is 21.9. The normalized spacial score (nSPS) is 10.8. The second-order valence-corrected chi connectivity index (χ2v) is 6.15. The summed E-state index contributed by atoms with van der Waals surface area (Å²) in [6.07, 6.45) is 0.175. The van der Waals surface area contributed by atoms with E-state index in [1.165, 1.54) is 6.07 Å². The molecule has 0 atom stereocenters. The van der Waals surface area contributed by atoms with Crippen molar-refractivity contribution in [3.8, 4) is 0 Å². The molecule has 0 fully saturated rings. The summed E-state index contributed by atoms with van der Waals surface area (Å²) in [6, 6.07) is 5.55. The summed E-state index contributed by atoms with van der Waals surface area (Å²) in [7, 11) is -3.90.